The lowest BCUT2D eigenvalue weighted by atomic mass is 9.94. The van der Waals surface area contributed by atoms with Crippen molar-refractivity contribution in [3.05, 3.63) is 76.1 Å². The average Bonchev–Trinajstić information content (AvgIpc) is 3.10. The van der Waals surface area contributed by atoms with E-state index in [0.717, 1.165) is 41.5 Å². The van der Waals surface area contributed by atoms with E-state index >= 15 is 0 Å². The number of nitro benzene ring substituents is 1. The van der Waals surface area contributed by atoms with Gasteiger partial charge in [0.2, 0.25) is 0 Å². The number of pyridine rings is 1. The van der Waals surface area contributed by atoms with Gasteiger partial charge in [-0.25, -0.2) is 0 Å². The van der Waals surface area contributed by atoms with Crippen LogP contribution in [-0.2, 0) is 6.54 Å². The summed E-state index contributed by atoms with van der Waals surface area (Å²) in [5, 5.41) is 13.1. The topological polar surface area (TPSA) is 85.3 Å². The Balaban J connectivity index is 1.55. The quantitative estimate of drug-likeness (QED) is 0.441. The number of fused-ring (bicyclic) bond motifs is 1. The van der Waals surface area contributed by atoms with E-state index in [0.29, 0.717) is 12.5 Å². The summed E-state index contributed by atoms with van der Waals surface area (Å²) in [4.78, 5) is 17.3. The molecule has 3 aromatic rings. The molecule has 1 aliphatic heterocycles. The third kappa shape index (κ3) is 3.11. The van der Waals surface area contributed by atoms with Gasteiger partial charge in [-0.1, -0.05) is 24.3 Å². The van der Waals surface area contributed by atoms with E-state index in [9.17, 15) is 10.1 Å². The lowest BCUT2D eigenvalue weighted by Gasteiger charge is -2.17. The standard InChI is InChI=1S/C20H20N4O2/c21-19-6-2-4-15-10-22-11-18(20(15)19)16-7-8-23(13-16)12-14-3-1-5-17(9-14)24(25)26/h1-6,9-11,16H,7-8,12-13,21H2. The van der Waals surface area contributed by atoms with E-state index in [-0.39, 0.29) is 10.6 Å². The molecule has 1 fully saturated rings. The minimum atomic E-state index is -0.346. The van der Waals surface area contributed by atoms with Crippen molar-refractivity contribution in [1.82, 2.24) is 9.88 Å². The first-order chi connectivity index (χ1) is 12.6. The Morgan fingerprint density at radius 1 is 1.23 bits per heavy atom. The van der Waals surface area contributed by atoms with Crippen LogP contribution in [0, 0.1) is 10.1 Å². The number of nitrogen functional groups attached to an aromatic ring is 1. The molecule has 1 saturated heterocycles. The Labute approximate surface area is 151 Å². The van der Waals surface area contributed by atoms with Crippen LogP contribution in [0.15, 0.2) is 54.9 Å². The van der Waals surface area contributed by atoms with Crippen LogP contribution >= 0.6 is 0 Å². The van der Waals surface area contributed by atoms with E-state index in [1.54, 1.807) is 12.1 Å². The van der Waals surface area contributed by atoms with Crippen molar-refractivity contribution in [2.24, 2.45) is 0 Å². The molecule has 0 bridgehead atoms. The van der Waals surface area contributed by atoms with Crippen LogP contribution in [0.3, 0.4) is 0 Å². The Hall–Kier alpha value is -2.99. The normalized spacial score (nSPS) is 17.6. The van der Waals surface area contributed by atoms with Crippen molar-refractivity contribution in [2.75, 3.05) is 18.8 Å². The van der Waals surface area contributed by atoms with Crippen LogP contribution in [0.4, 0.5) is 11.4 Å². The predicted molar refractivity (Wildman–Crippen MR) is 102 cm³/mol. The number of nitrogens with two attached hydrogens (primary N) is 1. The van der Waals surface area contributed by atoms with E-state index in [1.165, 1.54) is 11.6 Å². The van der Waals surface area contributed by atoms with Crippen molar-refractivity contribution < 1.29 is 4.92 Å². The number of aromatic nitrogens is 1. The predicted octanol–water partition coefficient (Wildman–Crippen LogP) is 3.71. The molecule has 132 valence electrons. The molecule has 2 N–H and O–H groups in total. The minimum Gasteiger partial charge on any atom is -0.398 e. The number of hydrogen-bond acceptors (Lipinski definition) is 5. The van der Waals surface area contributed by atoms with Crippen LogP contribution in [0.5, 0.6) is 0 Å². The summed E-state index contributed by atoms with van der Waals surface area (Å²) in [6, 6.07) is 12.8. The molecule has 1 aromatic heterocycles. The van der Waals surface area contributed by atoms with Gasteiger partial charge >= 0.3 is 0 Å². The zero-order valence-corrected chi connectivity index (χ0v) is 14.3. The van der Waals surface area contributed by atoms with Gasteiger partial charge in [-0.2, -0.15) is 0 Å². The molecule has 2 heterocycles. The van der Waals surface area contributed by atoms with Gasteiger partial charge in [-0.15, -0.1) is 0 Å². The third-order valence-corrected chi connectivity index (χ3v) is 5.08. The number of likely N-dealkylation sites (tertiary alicyclic amines) is 1. The van der Waals surface area contributed by atoms with E-state index in [2.05, 4.69) is 9.88 Å². The zero-order chi connectivity index (χ0) is 18.1. The van der Waals surface area contributed by atoms with E-state index < -0.39 is 0 Å². The summed E-state index contributed by atoms with van der Waals surface area (Å²) in [5.41, 5.74) is 9.32. The smallest absolute Gasteiger partial charge is 0.269 e. The van der Waals surface area contributed by atoms with E-state index in [1.807, 2.05) is 36.7 Å². The van der Waals surface area contributed by atoms with Crippen molar-refractivity contribution in [1.29, 1.82) is 0 Å². The number of benzene rings is 2. The highest BCUT2D eigenvalue weighted by molar-refractivity contribution is 5.95. The molecule has 1 unspecified atom stereocenters. The lowest BCUT2D eigenvalue weighted by molar-refractivity contribution is -0.384. The van der Waals surface area contributed by atoms with Crippen LogP contribution < -0.4 is 5.73 Å². The maximum atomic E-state index is 11.0. The summed E-state index contributed by atoms with van der Waals surface area (Å²) >= 11 is 0. The molecular formula is C20H20N4O2. The number of nitrogens with zero attached hydrogens (tertiary/aromatic N) is 3. The molecule has 1 aliphatic rings. The monoisotopic (exact) mass is 348 g/mol. The Morgan fingerprint density at radius 3 is 2.92 bits per heavy atom. The van der Waals surface area contributed by atoms with Crippen LogP contribution in [0.25, 0.3) is 10.8 Å². The first kappa shape index (κ1) is 16.5. The molecule has 6 heteroatoms. The number of anilines is 1. The summed E-state index contributed by atoms with van der Waals surface area (Å²) in [6.45, 7) is 2.57. The molecule has 1 atom stereocenters. The fraction of sp³-hybridized carbons (Fsp3) is 0.250. The second kappa shape index (κ2) is 6.72. The maximum Gasteiger partial charge on any atom is 0.269 e. The molecular weight excluding hydrogens is 328 g/mol. The highest BCUT2D eigenvalue weighted by Gasteiger charge is 2.26. The SMILES string of the molecule is Nc1cccc2cncc(C3CCN(Cc4cccc([N+](=O)[O-])c4)C3)c12. The van der Waals surface area contributed by atoms with Gasteiger partial charge in [0.25, 0.3) is 5.69 Å². The minimum absolute atomic E-state index is 0.143. The van der Waals surface area contributed by atoms with Crippen molar-refractivity contribution >= 4 is 22.1 Å². The number of nitro groups is 1. The highest BCUT2D eigenvalue weighted by atomic mass is 16.6. The molecule has 26 heavy (non-hydrogen) atoms. The Kier molecular flexibility index (Phi) is 4.26. The van der Waals surface area contributed by atoms with Gasteiger partial charge in [-0.3, -0.25) is 20.0 Å². The summed E-state index contributed by atoms with van der Waals surface area (Å²) in [5.74, 6) is 0.370. The molecule has 6 nitrogen and oxygen atoms in total. The fourth-order valence-corrected chi connectivity index (χ4v) is 3.86. The summed E-state index contributed by atoms with van der Waals surface area (Å²) < 4.78 is 0. The van der Waals surface area contributed by atoms with E-state index in [4.69, 9.17) is 5.73 Å². The zero-order valence-electron chi connectivity index (χ0n) is 14.3. The van der Waals surface area contributed by atoms with Crippen LogP contribution in [-0.4, -0.2) is 27.9 Å². The van der Waals surface area contributed by atoms with Gasteiger partial charge in [0.1, 0.15) is 0 Å². The largest absolute Gasteiger partial charge is 0.398 e. The molecule has 4 rings (SSSR count). The molecule has 2 aromatic carbocycles. The molecule has 0 radical (unpaired) electrons. The molecule has 0 amide bonds. The van der Waals surface area contributed by atoms with Gasteiger partial charge in [0, 0.05) is 60.0 Å². The second-order valence-corrected chi connectivity index (χ2v) is 6.82. The Morgan fingerprint density at radius 2 is 2.08 bits per heavy atom. The first-order valence-electron chi connectivity index (χ1n) is 8.69. The van der Waals surface area contributed by atoms with Crippen LogP contribution in [0.2, 0.25) is 0 Å². The van der Waals surface area contributed by atoms with Gasteiger partial charge < -0.3 is 5.73 Å². The number of rotatable bonds is 4. The molecule has 0 spiro atoms. The second-order valence-electron chi connectivity index (χ2n) is 6.82. The average molecular weight is 348 g/mol. The fourth-order valence-electron chi connectivity index (χ4n) is 3.86. The van der Waals surface area contributed by atoms with Gasteiger partial charge in [0.05, 0.1) is 4.92 Å². The van der Waals surface area contributed by atoms with Crippen molar-refractivity contribution in [3.8, 4) is 0 Å². The van der Waals surface area contributed by atoms with Crippen molar-refractivity contribution in [3.63, 3.8) is 0 Å². The maximum absolute atomic E-state index is 11.0. The number of non-ortho nitro benzene ring substituents is 1. The van der Waals surface area contributed by atoms with Crippen LogP contribution in [0.1, 0.15) is 23.5 Å². The third-order valence-electron chi connectivity index (χ3n) is 5.08. The van der Waals surface area contributed by atoms with Crippen molar-refractivity contribution in [2.45, 2.75) is 18.9 Å². The van der Waals surface area contributed by atoms with Gasteiger partial charge in [0.15, 0.2) is 0 Å². The first-order valence-corrected chi connectivity index (χ1v) is 8.69. The summed E-state index contributed by atoms with van der Waals surface area (Å²) in [6.07, 6.45) is 4.81. The molecule has 0 saturated carbocycles. The highest BCUT2D eigenvalue weighted by Crippen LogP contribution is 2.35. The summed E-state index contributed by atoms with van der Waals surface area (Å²) in [7, 11) is 0. The Bertz CT molecular complexity index is 968. The molecule has 0 aliphatic carbocycles. The number of hydrogen-bond donors (Lipinski definition) is 1. The lowest BCUT2D eigenvalue weighted by Crippen LogP contribution is -2.19. The van der Waals surface area contributed by atoms with Gasteiger partial charge in [-0.05, 0) is 30.2 Å².